The summed E-state index contributed by atoms with van der Waals surface area (Å²) in [6.07, 6.45) is 0. The number of thioether (sulfide) groups is 1. The second-order valence-corrected chi connectivity index (χ2v) is 6.37. The third-order valence-corrected chi connectivity index (χ3v) is 4.01. The van der Waals surface area contributed by atoms with Crippen LogP contribution >= 0.6 is 11.8 Å². The Labute approximate surface area is 132 Å². The van der Waals surface area contributed by atoms with Crippen molar-refractivity contribution in [2.75, 3.05) is 11.1 Å². The summed E-state index contributed by atoms with van der Waals surface area (Å²) in [5.41, 5.74) is 6.19. The number of nitrogens with two attached hydrogens (primary N) is 1. The van der Waals surface area contributed by atoms with Crippen LogP contribution in [0.2, 0.25) is 0 Å². The van der Waals surface area contributed by atoms with Crippen LogP contribution in [0, 0.1) is 5.82 Å². The molecule has 2 rings (SSSR count). The van der Waals surface area contributed by atoms with Crippen LogP contribution in [0.5, 0.6) is 0 Å². The lowest BCUT2D eigenvalue weighted by atomic mass is 10.3. The Hall–Kier alpha value is -2.09. The monoisotopic (exact) mass is 323 g/mol. The minimum atomic E-state index is -0.427. The van der Waals surface area contributed by atoms with Gasteiger partial charge >= 0.3 is 0 Å². The third-order valence-electron chi connectivity index (χ3n) is 2.95. The molecule has 0 bridgehead atoms. The normalized spacial score (nSPS) is 12.4. The largest absolute Gasteiger partial charge is 0.368 e. The van der Waals surface area contributed by atoms with Crippen molar-refractivity contribution in [1.82, 2.24) is 14.8 Å². The molecular weight excluding hydrogens is 305 g/mol. The number of hydrogen-bond acceptors (Lipinski definition) is 5. The number of hydrogen-bond donors (Lipinski definition) is 2. The average molecular weight is 323 g/mol. The molecular formula is C14H18FN5OS. The van der Waals surface area contributed by atoms with E-state index in [9.17, 15) is 9.18 Å². The van der Waals surface area contributed by atoms with Gasteiger partial charge in [-0.2, -0.15) is 0 Å². The standard InChI is InChI=1S/C14H18FN5OS/c1-8(2)20-13(16)18-19-14(20)22-9(3)12(21)17-11-6-4-5-10(15)7-11/h4-9H,1-3H3,(H2,16,18)(H,17,21)/t9-/m0/s1. The number of nitrogens with zero attached hydrogens (tertiary/aromatic N) is 3. The second-order valence-electron chi connectivity index (χ2n) is 5.06. The van der Waals surface area contributed by atoms with Crippen molar-refractivity contribution >= 4 is 29.3 Å². The van der Waals surface area contributed by atoms with Gasteiger partial charge in [-0.25, -0.2) is 4.39 Å². The molecule has 1 aromatic carbocycles. The number of anilines is 2. The molecule has 118 valence electrons. The highest BCUT2D eigenvalue weighted by Crippen LogP contribution is 2.26. The van der Waals surface area contributed by atoms with Crippen molar-refractivity contribution in [2.24, 2.45) is 0 Å². The molecule has 0 radical (unpaired) electrons. The number of carbonyl (C=O) groups excluding carboxylic acids is 1. The van der Waals surface area contributed by atoms with Crippen LogP contribution < -0.4 is 11.1 Å². The van der Waals surface area contributed by atoms with E-state index in [1.807, 2.05) is 13.8 Å². The molecule has 0 unspecified atom stereocenters. The second kappa shape index (κ2) is 6.78. The maximum absolute atomic E-state index is 13.1. The minimum absolute atomic E-state index is 0.0935. The predicted octanol–water partition coefficient (Wildman–Crippen LogP) is 2.70. The average Bonchev–Trinajstić information content (AvgIpc) is 2.79. The molecule has 0 spiro atoms. The first-order valence-electron chi connectivity index (χ1n) is 6.82. The molecule has 0 saturated carbocycles. The number of nitrogens with one attached hydrogen (secondary N) is 1. The van der Waals surface area contributed by atoms with Crippen LogP contribution in [-0.4, -0.2) is 25.9 Å². The first-order chi connectivity index (χ1) is 10.4. The van der Waals surface area contributed by atoms with E-state index in [1.54, 1.807) is 23.6 Å². The number of benzene rings is 1. The van der Waals surface area contributed by atoms with E-state index in [4.69, 9.17) is 5.73 Å². The van der Waals surface area contributed by atoms with Gasteiger partial charge in [-0.05, 0) is 39.0 Å². The minimum Gasteiger partial charge on any atom is -0.368 e. The van der Waals surface area contributed by atoms with E-state index in [0.29, 0.717) is 16.8 Å². The van der Waals surface area contributed by atoms with Crippen LogP contribution in [0.1, 0.15) is 26.8 Å². The van der Waals surface area contributed by atoms with Crippen LogP contribution in [0.25, 0.3) is 0 Å². The molecule has 0 fully saturated rings. The van der Waals surface area contributed by atoms with E-state index >= 15 is 0 Å². The zero-order valence-electron chi connectivity index (χ0n) is 12.6. The predicted molar refractivity (Wildman–Crippen MR) is 85.2 cm³/mol. The molecule has 0 aliphatic heterocycles. The number of rotatable bonds is 5. The topological polar surface area (TPSA) is 85.8 Å². The molecule has 2 aromatic rings. The van der Waals surface area contributed by atoms with Crippen molar-refractivity contribution in [3.63, 3.8) is 0 Å². The Morgan fingerprint density at radius 2 is 2.09 bits per heavy atom. The molecule has 1 heterocycles. The quantitative estimate of drug-likeness (QED) is 0.826. The Balaban J connectivity index is 2.06. The van der Waals surface area contributed by atoms with Gasteiger partial charge in [-0.3, -0.25) is 9.36 Å². The van der Waals surface area contributed by atoms with Gasteiger partial charge in [0, 0.05) is 11.7 Å². The SMILES string of the molecule is CC(C)n1c(N)nnc1S[C@@H](C)C(=O)Nc1cccc(F)c1. The Morgan fingerprint density at radius 1 is 1.36 bits per heavy atom. The number of amides is 1. The zero-order valence-corrected chi connectivity index (χ0v) is 13.4. The molecule has 1 aromatic heterocycles. The van der Waals surface area contributed by atoms with Gasteiger partial charge in [0.2, 0.25) is 11.9 Å². The highest BCUT2D eigenvalue weighted by Gasteiger charge is 2.20. The van der Waals surface area contributed by atoms with E-state index in [0.717, 1.165) is 0 Å². The molecule has 0 saturated heterocycles. The molecule has 1 atom stereocenters. The first-order valence-corrected chi connectivity index (χ1v) is 7.70. The van der Waals surface area contributed by atoms with Crippen LogP contribution in [0.3, 0.4) is 0 Å². The zero-order chi connectivity index (χ0) is 16.3. The van der Waals surface area contributed by atoms with Gasteiger partial charge in [0.1, 0.15) is 5.82 Å². The number of halogens is 1. The lowest BCUT2D eigenvalue weighted by Crippen LogP contribution is -2.23. The summed E-state index contributed by atoms with van der Waals surface area (Å²) < 4.78 is 14.9. The molecule has 0 aliphatic rings. The van der Waals surface area contributed by atoms with Crippen molar-refractivity contribution in [2.45, 2.75) is 37.2 Å². The molecule has 6 nitrogen and oxygen atoms in total. The van der Waals surface area contributed by atoms with Gasteiger partial charge in [0.15, 0.2) is 5.16 Å². The molecule has 3 N–H and O–H groups in total. The maximum Gasteiger partial charge on any atom is 0.237 e. The summed E-state index contributed by atoms with van der Waals surface area (Å²) in [7, 11) is 0. The number of nitrogen functional groups attached to an aromatic ring is 1. The molecule has 0 aliphatic carbocycles. The lowest BCUT2D eigenvalue weighted by Gasteiger charge is -2.14. The molecule has 1 amide bonds. The first kappa shape index (κ1) is 16.3. The van der Waals surface area contributed by atoms with Crippen molar-refractivity contribution in [3.8, 4) is 0 Å². The molecule has 8 heteroatoms. The van der Waals surface area contributed by atoms with Crippen LogP contribution in [0.15, 0.2) is 29.4 Å². The van der Waals surface area contributed by atoms with E-state index in [-0.39, 0.29) is 11.9 Å². The van der Waals surface area contributed by atoms with Gasteiger partial charge < -0.3 is 11.1 Å². The van der Waals surface area contributed by atoms with Gasteiger partial charge in [-0.15, -0.1) is 10.2 Å². The van der Waals surface area contributed by atoms with Crippen molar-refractivity contribution < 1.29 is 9.18 Å². The summed E-state index contributed by atoms with van der Waals surface area (Å²) in [6, 6.07) is 5.85. The van der Waals surface area contributed by atoms with Gasteiger partial charge in [-0.1, -0.05) is 17.8 Å². The van der Waals surface area contributed by atoms with Gasteiger partial charge in [0.25, 0.3) is 0 Å². The van der Waals surface area contributed by atoms with Crippen LogP contribution in [-0.2, 0) is 4.79 Å². The fourth-order valence-corrected chi connectivity index (χ4v) is 2.86. The fourth-order valence-electron chi connectivity index (χ4n) is 1.88. The van der Waals surface area contributed by atoms with E-state index < -0.39 is 11.1 Å². The van der Waals surface area contributed by atoms with E-state index in [1.165, 1.54) is 23.9 Å². The Kier molecular flexibility index (Phi) is 5.02. The van der Waals surface area contributed by atoms with Crippen molar-refractivity contribution in [1.29, 1.82) is 0 Å². The molecule has 22 heavy (non-hydrogen) atoms. The number of carbonyl (C=O) groups is 1. The summed E-state index contributed by atoms with van der Waals surface area (Å²) in [5.74, 6) is -0.326. The van der Waals surface area contributed by atoms with Crippen LogP contribution in [0.4, 0.5) is 16.0 Å². The third kappa shape index (κ3) is 3.76. The summed E-state index contributed by atoms with van der Waals surface area (Å²) in [4.78, 5) is 12.2. The Bertz CT molecular complexity index is 673. The lowest BCUT2D eigenvalue weighted by molar-refractivity contribution is -0.115. The fraction of sp³-hybridized carbons (Fsp3) is 0.357. The summed E-state index contributed by atoms with van der Waals surface area (Å²) >= 11 is 1.25. The smallest absolute Gasteiger partial charge is 0.237 e. The van der Waals surface area contributed by atoms with Gasteiger partial charge in [0.05, 0.1) is 5.25 Å². The number of aromatic nitrogens is 3. The summed E-state index contributed by atoms with van der Waals surface area (Å²) in [5, 5.41) is 10.6. The highest BCUT2D eigenvalue weighted by atomic mass is 32.2. The summed E-state index contributed by atoms with van der Waals surface area (Å²) in [6.45, 7) is 5.66. The Morgan fingerprint density at radius 3 is 2.73 bits per heavy atom. The van der Waals surface area contributed by atoms with Crippen molar-refractivity contribution in [3.05, 3.63) is 30.1 Å². The maximum atomic E-state index is 13.1. The highest BCUT2D eigenvalue weighted by molar-refractivity contribution is 8.00. The van der Waals surface area contributed by atoms with E-state index in [2.05, 4.69) is 15.5 Å².